The van der Waals surface area contributed by atoms with E-state index in [4.69, 9.17) is 0 Å². The van der Waals surface area contributed by atoms with Crippen LogP contribution in [0.4, 0.5) is 5.82 Å². The molecule has 1 atom stereocenters. The van der Waals surface area contributed by atoms with Crippen LogP contribution in [0.15, 0.2) is 10.9 Å². The highest BCUT2D eigenvalue weighted by molar-refractivity contribution is 5.49. The molecule has 0 aliphatic heterocycles. The third-order valence-electron chi connectivity index (χ3n) is 2.79. The fraction of sp³-hybridized carbons (Fsp3) is 0.583. The number of hydrogen-bond acceptors (Lipinski definition) is 4. The highest BCUT2D eigenvalue weighted by Gasteiger charge is 2.09. The molecule has 2 N–H and O–H groups in total. The number of aromatic nitrogens is 4. The maximum Gasteiger partial charge on any atom is 0.349 e. The maximum atomic E-state index is 11.5. The molecule has 0 aromatic carbocycles. The predicted molar refractivity (Wildman–Crippen MR) is 70.9 cm³/mol. The number of H-pyrrole nitrogens is 1. The van der Waals surface area contributed by atoms with Crippen LogP contribution in [0.25, 0.3) is 5.65 Å². The molecule has 1 unspecified atom stereocenters. The van der Waals surface area contributed by atoms with Gasteiger partial charge in [0, 0.05) is 12.1 Å². The zero-order valence-corrected chi connectivity index (χ0v) is 11.2. The van der Waals surface area contributed by atoms with Gasteiger partial charge in [-0.05, 0) is 26.2 Å². The van der Waals surface area contributed by atoms with Gasteiger partial charge in [-0.3, -0.25) is 0 Å². The number of aryl methyl sites for hydroxylation is 1. The molecule has 0 saturated carbocycles. The lowest BCUT2D eigenvalue weighted by atomic mass is 10.1. The van der Waals surface area contributed by atoms with E-state index in [2.05, 4.69) is 41.3 Å². The number of hydrogen-bond donors (Lipinski definition) is 2. The average molecular weight is 249 g/mol. The van der Waals surface area contributed by atoms with Gasteiger partial charge < -0.3 is 5.32 Å². The van der Waals surface area contributed by atoms with E-state index in [-0.39, 0.29) is 5.69 Å². The Hall–Kier alpha value is -1.85. The Balaban J connectivity index is 2.27. The monoisotopic (exact) mass is 249 g/mol. The molecular weight excluding hydrogens is 230 g/mol. The number of anilines is 1. The van der Waals surface area contributed by atoms with Crippen LogP contribution in [-0.4, -0.2) is 25.6 Å². The van der Waals surface area contributed by atoms with Gasteiger partial charge in [-0.1, -0.05) is 13.8 Å². The summed E-state index contributed by atoms with van der Waals surface area (Å²) in [5.41, 5.74) is 0.337. The average Bonchev–Trinajstić information content (AvgIpc) is 2.58. The minimum absolute atomic E-state index is 0.253. The molecule has 6 nitrogen and oxygen atoms in total. The van der Waals surface area contributed by atoms with Gasteiger partial charge in [-0.2, -0.15) is 5.10 Å². The van der Waals surface area contributed by atoms with Crippen molar-refractivity contribution in [3.63, 3.8) is 0 Å². The van der Waals surface area contributed by atoms with Crippen LogP contribution in [0.2, 0.25) is 0 Å². The van der Waals surface area contributed by atoms with Gasteiger partial charge in [0.05, 0.1) is 0 Å². The Labute approximate surface area is 105 Å². The molecule has 0 amide bonds. The van der Waals surface area contributed by atoms with Crippen molar-refractivity contribution in [3.8, 4) is 0 Å². The van der Waals surface area contributed by atoms with Crippen molar-refractivity contribution in [3.05, 3.63) is 22.4 Å². The number of fused-ring (bicyclic) bond motifs is 1. The van der Waals surface area contributed by atoms with E-state index in [1.54, 1.807) is 13.0 Å². The molecule has 0 radical (unpaired) electrons. The highest BCUT2D eigenvalue weighted by Crippen LogP contribution is 2.12. The SMILES string of the molecule is Cc1nc(NC(C)CC(C)C)cc2n[nH]c(=O)n12. The van der Waals surface area contributed by atoms with Crippen molar-refractivity contribution < 1.29 is 0 Å². The van der Waals surface area contributed by atoms with Crippen LogP contribution in [0.3, 0.4) is 0 Å². The van der Waals surface area contributed by atoms with Crippen molar-refractivity contribution in [1.82, 2.24) is 19.6 Å². The lowest BCUT2D eigenvalue weighted by molar-refractivity contribution is 0.538. The second kappa shape index (κ2) is 4.80. The molecule has 2 heterocycles. The maximum absolute atomic E-state index is 11.5. The summed E-state index contributed by atoms with van der Waals surface area (Å²) in [4.78, 5) is 15.8. The Kier molecular flexibility index (Phi) is 3.36. The summed E-state index contributed by atoms with van der Waals surface area (Å²) in [6.45, 7) is 8.29. The summed E-state index contributed by atoms with van der Waals surface area (Å²) in [6, 6.07) is 2.12. The smallest absolute Gasteiger partial charge is 0.349 e. The number of nitrogens with zero attached hydrogens (tertiary/aromatic N) is 3. The largest absolute Gasteiger partial charge is 0.367 e. The first-order valence-electron chi connectivity index (χ1n) is 6.18. The number of nitrogens with one attached hydrogen (secondary N) is 2. The first-order chi connectivity index (χ1) is 8.47. The highest BCUT2D eigenvalue weighted by atomic mass is 16.1. The van der Waals surface area contributed by atoms with Crippen LogP contribution in [0.5, 0.6) is 0 Å². The van der Waals surface area contributed by atoms with E-state index < -0.39 is 0 Å². The van der Waals surface area contributed by atoms with E-state index in [1.807, 2.05) is 0 Å². The number of aromatic amines is 1. The summed E-state index contributed by atoms with van der Waals surface area (Å²) >= 11 is 0. The van der Waals surface area contributed by atoms with E-state index >= 15 is 0 Å². The summed E-state index contributed by atoms with van der Waals surface area (Å²) in [6.07, 6.45) is 1.07. The zero-order chi connectivity index (χ0) is 13.3. The first kappa shape index (κ1) is 12.6. The minimum Gasteiger partial charge on any atom is -0.367 e. The van der Waals surface area contributed by atoms with E-state index in [0.717, 1.165) is 12.2 Å². The van der Waals surface area contributed by atoms with E-state index in [1.165, 1.54) is 4.40 Å². The van der Waals surface area contributed by atoms with Gasteiger partial charge in [0.2, 0.25) is 0 Å². The summed E-state index contributed by atoms with van der Waals surface area (Å²) in [5.74, 6) is 2.02. The topological polar surface area (TPSA) is 75.1 Å². The molecule has 98 valence electrons. The Morgan fingerprint density at radius 3 is 2.83 bits per heavy atom. The fourth-order valence-corrected chi connectivity index (χ4v) is 2.19. The standard InChI is InChI=1S/C12H19N5O/c1-7(2)5-8(3)13-10-6-11-15-16-12(18)17(11)9(4)14-10/h6-8,13H,5H2,1-4H3,(H,16,18). The summed E-state index contributed by atoms with van der Waals surface area (Å²) in [5, 5.41) is 9.71. The van der Waals surface area contributed by atoms with Crippen molar-refractivity contribution in [2.24, 2.45) is 5.92 Å². The van der Waals surface area contributed by atoms with Gasteiger partial charge in [0.1, 0.15) is 11.6 Å². The third kappa shape index (κ3) is 2.52. The van der Waals surface area contributed by atoms with Crippen molar-refractivity contribution in [2.75, 3.05) is 5.32 Å². The van der Waals surface area contributed by atoms with E-state index in [0.29, 0.717) is 23.4 Å². The summed E-state index contributed by atoms with van der Waals surface area (Å²) < 4.78 is 1.46. The molecule has 0 fully saturated rings. The second-order valence-corrected chi connectivity index (χ2v) is 5.09. The molecule has 2 rings (SSSR count). The molecule has 18 heavy (non-hydrogen) atoms. The Morgan fingerprint density at radius 2 is 2.17 bits per heavy atom. The first-order valence-corrected chi connectivity index (χ1v) is 6.18. The normalized spacial score (nSPS) is 13.2. The molecule has 0 bridgehead atoms. The van der Waals surface area contributed by atoms with Gasteiger partial charge in [0.15, 0.2) is 5.65 Å². The zero-order valence-electron chi connectivity index (χ0n) is 11.2. The van der Waals surface area contributed by atoms with Crippen LogP contribution in [0, 0.1) is 12.8 Å². The van der Waals surface area contributed by atoms with Crippen molar-refractivity contribution in [1.29, 1.82) is 0 Å². The molecule has 0 saturated heterocycles. The second-order valence-electron chi connectivity index (χ2n) is 5.09. The summed E-state index contributed by atoms with van der Waals surface area (Å²) in [7, 11) is 0. The Bertz CT molecular complexity index is 598. The fourth-order valence-electron chi connectivity index (χ4n) is 2.19. The van der Waals surface area contributed by atoms with Crippen molar-refractivity contribution in [2.45, 2.75) is 40.2 Å². The van der Waals surface area contributed by atoms with Gasteiger partial charge in [0.25, 0.3) is 0 Å². The molecule has 6 heteroatoms. The molecular formula is C12H19N5O. The molecule has 2 aromatic rings. The quantitative estimate of drug-likeness (QED) is 0.862. The minimum atomic E-state index is -0.253. The van der Waals surface area contributed by atoms with Crippen LogP contribution >= 0.6 is 0 Å². The van der Waals surface area contributed by atoms with Crippen LogP contribution < -0.4 is 11.0 Å². The van der Waals surface area contributed by atoms with E-state index in [9.17, 15) is 4.79 Å². The molecule has 0 aliphatic rings. The lowest BCUT2D eigenvalue weighted by Crippen LogP contribution is -2.20. The third-order valence-corrected chi connectivity index (χ3v) is 2.79. The van der Waals surface area contributed by atoms with Gasteiger partial charge >= 0.3 is 5.69 Å². The molecule has 0 spiro atoms. The van der Waals surface area contributed by atoms with Crippen molar-refractivity contribution >= 4 is 11.5 Å². The van der Waals surface area contributed by atoms with Gasteiger partial charge in [-0.25, -0.2) is 19.3 Å². The molecule has 2 aromatic heterocycles. The lowest BCUT2D eigenvalue weighted by Gasteiger charge is -2.16. The van der Waals surface area contributed by atoms with Crippen LogP contribution in [0.1, 0.15) is 33.0 Å². The molecule has 0 aliphatic carbocycles. The number of rotatable bonds is 4. The predicted octanol–water partition coefficient (Wildman–Crippen LogP) is 1.57. The van der Waals surface area contributed by atoms with Gasteiger partial charge in [-0.15, -0.1) is 0 Å². The van der Waals surface area contributed by atoms with Crippen LogP contribution in [-0.2, 0) is 0 Å². The Morgan fingerprint density at radius 1 is 1.44 bits per heavy atom.